The molecule has 0 saturated heterocycles. The molecule has 1 aromatic carbocycles. The maximum Gasteiger partial charge on any atom is 0.243 e. The molecule has 2 amide bonds. The van der Waals surface area contributed by atoms with E-state index in [-0.39, 0.29) is 42.5 Å². The van der Waals surface area contributed by atoms with E-state index in [2.05, 4.69) is 10.6 Å². The van der Waals surface area contributed by atoms with E-state index in [4.69, 9.17) is 5.73 Å². The zero-order valence-electron chi connectivity index (χ0n) is 12.3. The Hall–Kier alpha value is -1.66. The Morgan fingerprint density at radius 1 is 1.33 bits per heavy atom. The van der Waals surface area contributed by atoms with Gasteiger partial charge in [-0.3, -0.25) is 9.59 Å². The highest BCUT2D eigenvalue weighted by atomic mass is 35.5. The predicted molar refractivity (Wildman–Crippen MR) is 82.8 cm³/mol. The molecule has 0 bridgehead atoms. The Morgan fingerprint density at radius 3 is 2.48 bits per heavy atom. The van der Waals surface area contributed by atoms with Crippen LogP contribution in [-0.4, -0.2) is 24.4 Å². The molecule has 5 nitrogen and oxygen atoms in total. The van der Waals surface area contributed by atoms with Crippen molar-refractivity contribution in [3.8, 4) is 0 Å². The zero-order valence-corrected chi connectivity index (χ0v) is 13.1. The van der Waals surface area contributed by atoms with Gasteiger partial charge >= 0.3 is 0 Å². The van der Waals surface area contributed by atoms with Gasteiger partial charge < -0.3 is 16.4 Å². The van der Waals surface area contributed by atoms with Crippen molar-refractivity contribution in [3.63, 3.8) is 0 Å². The highest BCUT2D eigenvalue weighted by molar-refractivity contribution is 5.95. The molecule has 0 spiro atoms. The molecule has 0 saturated carbocycles. The Bertz CT molecular complexity index is 509. The molecule has 0 radical (unpaired) electrons. The van der Waals surface area contributed by atoms with Gasteiger partial charge in [0.1, 0.15) is 5.82 Å². The predicted octanol–water partition coefficient (Wildman–Crippen LogP) is 1.59. The lowest BCUT2D eigenvalue weighted by Crippen LogP contribution is -2.46. The lowest BCUT2D eigenvalue weighted by molar-refractivity contribution is -0.125. The zero-order chi connectivity index (χ0) is 15.3. The molecule has 1 aromatic rings. The average Bonchev–Trinajstić information content (AvgIpc) is 2.38. The van der Waals surface area contributed by atoms with E-state index >= 15 is 0 Å². The number of hydrogen-bond acceptors (Lipinski definition) is 3. The van der Waals surface area contributed by atoms with Gasteiger partial charge in [0.15, 0.2) is 0 Å². The maximum absolute atomic E-state index is 12.9. The quantitative estimate of drug-likeness (QED) is 0.771. The third-order valence-electron chi connectivity index (χ3n) is 2.91. The fourth-order valence-corrected chi connectivity index (χ4v) is 1.55. The van der Waals surface area contributed by atoms with Crippen molar-refractivity contribution in [3.05, 3.63) is 29.6 Å². The van der Waals surface area contributed by atoms with Gasteiger partial charge in [-0.2, -0.15) is 0 Å². The molecule has 118 valence electrons. The molecule has 0 unspecified atom stereocenters. The standard InChI is InChI=1S/C14H20FN3O2.ClH/c1-8(2)13(16)14(20)17-7-12(19)18-11-5-4-10(15)6-9(11)3;/h4-6,8,13H,7,16H2,1-3H3,(H,17,20)(H,18,19);1H/t13-;/m0./s1. The van der Waals surface area contributed by atoms with Gasteiger partial charge in [0.2, 0.25) is 11.8 Å². The fraction of sp³-hybridized carbons (Fsp3) is 0.429. The SMILES string of the molecule is Cc1cc(F)ccc1NC(=O)CNC(=O)[C@@H](N)C(C)C.Cl. The third-order valence-corrected chi connectivity index (χ3v) is 2.91. The minimum Gasteiger partial charge on any atom is -0.346 e. The largest absolute Gasteiger partial charge is 0.346 e. The summed E-state index contributed by atoms with van der Waals surface area (Å²) in [7, 11) is 0. The number of amides is 2. The van der Waals surface area contributed by atoms with Crippen LogP contribution in [0.2, 0.25) is 0 Å². The average molecular weight is 318 g/mol. The summed E-state index contributed by atoms with van der Waals surface area (Å²) in [6.07, 6.45) is 0. The molecule has 1 rings (SSSR count). The van der Waals surface area contributed by atoms with Crippen LogP contribution in [0.3, 0.4) is 0 Å². The Kier molecular flexibility index (Phi) is 7.91. The van der Waals surface area contributed by atoms with Gasteiger partial charge in [0, 0.05) is 5.69 Å². The first-order valence-corrected chi connectivity index (χ1v) is 6.40. The van der Waals surface area contributed by atoms with Gasteiger partial charge in [-0.1, -0.05) is 13.8 Å². The molecule has 0 aliphatic rings. The van der Waals surface area contributed by atoms with E-state index in [0.717, 1.165) is 0 Å². The van der Waals surface area contributed by atoms with E-state index in [1.54, 1.807) is 6.92 Å². The molecule has 21 heavy (non-hydrogen) atoms. The Balaban J connectivity index is 0.00000400. The van der Waals surface area contributed by atoms with Crippen LogP contribution < -0.4 is 16.4 Å². The summed E-state index contributed by atoms with van der Waals surface area (Å²) in [6, 6.07) is 3.42. The molecular formula is C14H21ClFN3O2. The number of carbonyl (C=O) groups excluding carboxylic acids is 2. The van der Waals surface area contributed by atoms with Crippen LogP contribution in [0.15, 0.2) is 18.2 Å². The first kappa shape index (κ1) is 19.3. The van der Waals surface area contributed by atoms with Crippen molar-refractivity contribution < 1.29 is 14.0 Å². The molecule has 1 atom stereocenters. The number of rotatable bonds is 5. The summed E-state index contributed by atoms with van der Waals surface area (Å²) in [6.45, 7) is 5.17. The van der Waals surface area contributed by atoms with Gasteiger partial charge in [-0.05, 0) is 36.6 Å². The summed E-state index contributed by atoms with van der Waals surface area (Å²) >= 11 is 0. The number of halogens is 2. The van der Waals surface area contributed by atoms with Crippen molar-refractivity contribution in [1.29, 1.82) is 0 Å². The molecule has 0 aliphatic carbocycles. The van der Waals surface area contributed by atoms with Crippen LogP contribution in [0.4, 0.5) is 10.1 Å². The number of anilines is 1. The number of nitrogens with one attached hydrogen (secondary N) is 2. The molecule has 0 heterocycles. The van der Waals surface area contributed by atoms with Gasteiger partial charge in [0.05, 0.1) is 12.6 Å². The van der Waals surface area contributed by atoms with E-state index in [1.807, 2.05) is 13.8 Å². The van der Waals surface area contributed by atoms with Crippen molar-refractivity contribution in [2.75, 3.05) is 11.9 Å². The van der Waals surface area contributed by atoms with Crippen molar-refractivity contribution in [2.45, 2.75) is 26.8 Å². The molecule has 7 heteroatoms. The summed E-state index contributed by atoms with van der Waals surface area (Å²) in [5.74, 6) is -1.12. The van der Waals surface area contributed by atoms with Crippen LogP contribution in [0.25, 0.3) is 0 Å². The van der Waals surface area contributed by atoms with Crippen molar-refractivity contribution >= 4 is 29.9 Å². The normalized spacial score (nSPS) is 11.5. The molecule has 4 N–H and O–H groups in total. The number of nitrogens with two attached hydrogens (primary N) is 1. The Morgan fingerprint density at radius 2 is 1.95 bits per heavy atom. The van der Waals surface area contributed by atoms with Crippen molar-refractivity contribution in [2.24, 2.45) is 11.7 Å². The van der Waals surface area contributed by atoms with Crippen LogP contribution in [0.1, 0.15) is 19.4 Å². The highest BCUT2D eigenvalue weighted by Crippen LogP contribution is 2.15. The fourth-order valence-electron chi connectivity index (χ4n) is 1.55. The minimum atomic E-state index is -0.643. The second-order valence-corrected chi connectivity index (χ2v) is 5.00. The van der Waals surface area contributed by atoms with Gasteiger partial charge in [-0.25, -0.2) is 4.39 Å². The molecular weight excluding hydrogens is 297 g/mol. The van der Waals surface area contributed by atoms with Crippen LogP contribution in [0, 0.1) is 18.7 Å². The smallest absolute Gasteiger partial charge is 0.243 e. The maximum atomic E-state index is 12.9. The second kappa shape index (κ2) is 8.59. The topological polar surface area (TPSA) is 84.2 Å². The van der Waals surface area contributed by atoms with Gasteiger partial charge in [-0.15, -0.1) is 12.4 Å². The number of benzene rings is 1. The molecule has 0 aliphatic heterocycles. The Labute approximate surface area is 129 Å². The van der Waals surface area contributed by atoms with Gasteiger partial charge in [0.25, 0.3) is 0 Å². The molecule has 0 aromatic heterocycles. The highest BCUT2D eigenvalue weighted by Gasteiger charge is 2.17. The first-order chi connectivity index (χ1) is 9.31. The van der Waals surface area contributed by atoms with Crippen LogP contribution >= 0.6 is 12.4 Å². The monoisotopic (exact) mass is 317 g/mol. The summed E-state index contributed by atoms with van der Waals surface area (Å²) < 4.78 is 12.9. The number of hydrogen-bond donors (Lipinski definition) is 3. The lowest BCUT2D eigenvalue weighted by Gasteiger charge is -2.15. The van der Waals surface area contributed by atoms with E-state index in [9.17, 15) is 14.0 Å². The van der Waals surface area contributed by atoms with E-state index < -0.39 is 6.04 Å². The minimum absolute atomic E-state index is 0. The summed E-state index contributed by atoms with van der Waals surface area (Å²) in [5, 5.41) is 5.06. The lowest BCUT2D eigenvalue weighted by atomic mass is 10.1. The number of carbonyl (C=O) groups is 2. The van der Waals surface area contributed by atoms with E-state index in [1.165, 1.54) is 18.2 Å². The van der Waals surface area contributed by atoms with Crippen molar-refractivity contribution in [1.82, 2.24) is 5.32 Å². The second-order valence-electron chi connectivity index (χ2n) is 5.00. The van der Waals surface area contributed by atoms with E-state index in [0.29, 0.717) is 11.3 Å². The van der Waals surface area contributed by atoms with Crippen LogP contribution in [0.5, 0.6) is 0 Å². The summed E-state index contributed by atoms with van der Waals surface area (Å²) in [5.41, 5.74) is 6.78. The third kappa shape index (κ3) is 6.10. The van der Waals surface area contributed by atoms with Crippen LogP contribution in [-0.2, 0) is 9.59 Å². The summed E-state index contributed by atoms with van der Waals surface area (Å²) in [4.78, 5) is 23.3. The number of aryl methyl sites for hydroxylation is 1. The first-order valence-electron chi connectivity index (χ1n) is 6.40. The molecule has 0 fully saturated rings.